The average molecular weight is 276 g/mol. The summed E-state index contributed by atoms with van der Waals surface area (Å²) in [6.45, 7) is 4.29. The third-order valence-corrected chi connectivity index (χ3v) is 4.67. The van der Waals surface area contributed by atoms with Crippen molar-refractivity contribution in [2.45, 2.75) is 43.2 Å². The van der Waals surface area contributed by atoms with Gasteiger partial charge in [-0.1, -0.05) is 6.07 Å². The number of aryl methyl sites for hydroxylation is 1. The predicted molar refractivity (Wildman–Crippen MR) is 78.9 cm³/mol. The maximum Gasteiger partial charge on any atom is 0.251 e. The minimum atomic E-state index is 0.0483. The smallest absolute Gasteiger partial charge is 0.251 e. The molecule has 4 heteroatoms. The first-order valence-electron chi connectivity index (χ1n) is 6.99. The first kappa shape index (κ1) is 13.0. The molecule has 0 spiro atoms. The van der Waals surface area contributed by atoms with Crippen LogP contribution in [0.4, 0.5) is 0 Å². The van der Waals surface area contributed by atoms with Gasteiger partial charge in [-0.15, -0.1) is 12.6 Å². The summed E-state index contributed by atoms with van der Waals surface area (Å²) in [4.78, 5) is 15.7. The Balaban J connectivity index is 1.73. The van der Waals surface area contributed by atoms with Crippen LogP contribution in [0.1, 0.15) is 35.2 Å². The monoisotopic (exact) mass is 276 g/mol. The lowest BCUT2D eigenvalue weighted by atomic mass is 10.0. The summed E-state index contributed by atoms with van der Waals surface area (Å²) in [5.74, 6) is 0.0483. The van der Waals surface area contributed by atoms with Gasteiger partial charge in [0.1, 0.15) is 0 Å². The highest BCUT2D eigenvalue weighted by Gasteiger charge is 2.37. The number of amides is 1. The number of rotatable bonds is 2. The summed E-state index contributed by atoms with van der Waals surface area (Å²) in [7, 11) is 0. The number of benzene rings is 1. The largest absolute Gasteiger partial charge is 0.348 e. The highest BCUT2D eigenvalue weighted by molar-refractivity contribution is 7.80. The molecule has 2 aliphatic rings. The third kappa shape index (κ3) is 2.51. The van der Waals surface area contributed by atoms with Crippen molar-refractivity contribution >= 4 is 18.5 Å². The van der Waals surface area contributed by atoms with Crippen molar-refractivity contribution in [2.75, 3.05) is 13.1 Å². The van der Waals surface area contributed by atoms with E-state index >= 15 is 0 Å². The van der Waals surface area contributed by atoms with E-state index in [2.05, 4.69) is 22.8 Å². The van der Waals surface area contributed by atoms with Gasteiger partial charge in [-0.3, -0.25) is 9.69 Å². The highest BCUT2D eigenvalue weighted by Crippen LogP contribution is 2.28. The van der Waals surface area contributed by atoms with Crippen LogP contribution >= 0.6 is 12.6 Å². The Morgan fingerprint density at radius 2 is 2.21 bits per heavy atom. The molecule has 1 amide bonds. The van der Waals surface area contributed by atoms with Gasteiger partial charge in [0.05, 0.1) is 0 Å². The van der Waals surface area contributed by atoms with Gasteiger partial charge < -0.3 is 5.32 Å². The summed E-state index contributed by atoms with van der Waals surface area (Å²) >= 11 is 4.32. The van der Waals surface area contributed by atoms with Crippen molar-refractivity contribution in [3.63, 3.8) is 0 Å². The lowest BCUT2D eigenvalue weighted by Gasteiger charge is -2.21. The van der Waals surface area contributed by atoms with Gasteiger partial charge in [0.15, 0.2) is 0 Å². The maximum absolute atomic E-state index is 12.4. The zero-order chi connectivity index (χ0) is 13.4. The lowest BCUT2D eigenvalue weighted by molar-refractivity contribution is 0.0928. The molecule has 19 heavy (non-hydrogen) atoms. The van der Waals surface area contributed by atoms with Crippen LogP contribution in [0.3, 0.4) is 0 Å². The molecule has 0 aliphatic carbocycles. The molecule has 2 unspecified atom stereocenters. The first-order chi connectivity index (χ1) is 9.15. The molecule has 2 saturated heterocycles. The zero-order valence-corrected chi connectivity index (χ0v) is 12.1. The molecule has 2 aliphatic heterocycles. The van der Waals surface area contributed by atoms with Gasteiger partial charge in [0, 0.05) is 29.1 Å². The molecule has 3 nitrogen and oxygen atoms in total. The van der Waals surface area contributed by atoms with Gasteiger partial charge in [0.25, 0.3) is 5.91 Å². The summed E-state index contributed by atoms with van der Waals surface area (Å²) in [5.41, 5.74) is 1.76. The zero-order valence-electron chi connectivity index (χ0n) is 11.2. The fourth-order valence-corrected chi connectivity index (χ4v) is 3.56. The molecule has 0 radical (unpaired) electrons. The number of hydrogen-bond donors (Lipinski definition) is 2. The molecular weight excluding hydrogens is 256 g/mol. The molecule has 3 rings (SSSR count). The van der Waals surface area contributed by atoms with Gasteiger partial charge in [-0.25, -0.2) is 0 Å². The molecule has 0 bridgehead atoms. The summed E-state index contributed by atoms with van der Waals surface area (Å²) < 4.78 is 0. The second kappa shape index (κ2) is 5.17. The van der Waals surface area contributed by atoms with E-state index in [1.807, 2.05) is 25.1 Å². The molecule has 0 aromatic heterocycles. The lowest BCUT2D eigenvalue weighted by Crippen LogP contribution is -2.42. The van der Waals surface area contributed by atoms with E-state index in [4.69, 9.17) is 0 Å². The van der Waals surface area contributed by atoms with E-state index in [1.165, 1.54) is 19.4 Å². The van der Waals surface area contributed by atoms with Crippen LogP contribution in [0, 0.1) is 6.92 Å². The number of carbonyl (C=O) groups is 1. The molecule has 102 valence electrons. The predicted octanol–water partition coefficient (Wildman–Crippen LogP) is 2.25. The number of nitrogens with one attached hydrogen (secondary N) is 1. The summed E-state index contributed by atoms with van der Waals surface area (Å²) in [6.07, 6.45) is 3.56. The maximum atomic E-state index is 12.4. The third-order valence-electron chi connectivity index (χ3n) is 4.39. The van der Waals surface area contributed by atoms with E-state index in [0.717, 1.165) is 29.0 Å². The molecule has 2 fully saturated rings. The molecule has 2 heterocycles. The van der Waals surface area contributed by atoms with Crippen molar-refractivity contribution in [1.82, 2.24) is 10.2 Å². The number of thiol groups is 1. The molecule has 0 saturated carbocycles. The van der Waals surface area contributed by atoms with Crippen LogP contribution in [0.25, 0.3) is 0 Å². The second-order valence-corrected chi connectivity index (χ2v) is 6.13. The fourth-order valence-electron chi connectivity index (χ4n) is 3.35. The molecule has 1 aromatic carbocycles. The second-order valence-electron chi connectivity index (χ2n) is 5.61. The van der Waals surface area contributed by atoms with Crippen molar-refractivity contribution in [2.24, 2.45) is 0 Å². The number of hydrogen-bond acceptors (Lipinski definition) is 3. The Hall–Kier alpha value is -1.00. The van der Waals surface area contributed by atoms with E-state index in [0.29, 0.717) is 12.1 Å². The number of carbonyl (C=O) groups excluding carboxylic acids is 1. The summed E-state index contributed by atoms with van der Waals surface area (Å²) in [6, 6.07) is 6.60. The van der Waals surface area contributed by atoms with Crippen molar-refractivity contribution in [3.05, 3.63) is 29.3 Å². The SMILES string of the molecule is Cc1ccc(S)cc1C(=O)NC1CCN2CCCC12. The van der Waals surface area contributed by atoms with E-state index in [9.17, 15) is 4.79 Å². The Morgan fingerprint density at radius 3 is 3.05 bits per heavy atom. The van der Waals surface area contributed by atoms with E-state index in [-0.39, 0.29) is 5.91 Å². The minimum absolute atomic E-state index is 0.0483. The van der Waals surface area contributed by atoms with Crippen molar-refractivity contribution in [1.29, 1.82) is 0 Å². The van der Waals surface area contributed by atoms with Gasteiger partial charge in [-0.2, -0.15) is 0 Å². The normalized spacial score (nSPS) is 26.4. The van der Waals surface area contributed by atoms with Crippen LogP contribution in [0.15, 0.2) is 23.1 Å². The Bertz CT molecular complexity index is 503. The minimum Gasteiger partial charge on any atom is -0.348 e. The van der Waals surface area contributed by atoms with Gasteiger partial charge in [-0.05, 0) is 50.4 Å². The van der Waals surface area contributed by atoms with Crippen LogP contribution < -0.4 is 5.32 Å². The van der Waals surface area contributed by atoms with Crippen LogP contribution in [-0.2, 0) is 0 Å². The molecule has 1 aromatic rings. The standard InChI is InChI=1S/C15H20N2OS/c1-10-4-5-11(19)9-12(10)15(18)16-13-6-8-17-7-2-3-14(13)17/h4-5,9,13-14,19H,2-3,6-8H2,1H3,(H,16,18). The Labute approximate surface area is 119 Å². The Morgan fingerprint density at radius 1 is 1.37 bits per heavy atom. The molecule has 2 atom stereocenters. The van der Waals surface area contributed by atoms with Crippen molar-refractivity contribution in [3.8, 4) is 0 Å². The highest BCUT2D eigenvalue weighted by atomic mass is 32.1. The van der Waals surface area contributed by atoms with Crippen molar-refractivity contribution < 1.29 is 4.79 Å². The van der Waals surface area contributed by atoms with E-state index < -0.39 is 0 Å². The fraction of sp³-hybridized carbons (Fsp3) is 0.533. The topological polar surface area (TPSA) is 32.3 Å². The van der Waals surface area contributed by atoms with E-state index in [1.54, 1.807) is 0 Å². The van der Waals surface area contributed by atoms with Crippen LogP contribution in [0.2, 0.25) is 0 Å². The first-order valence-corrected chi connectivity index (χ1v) is 7.44. The quantitative estimate of drug-likeness (QED) is 0.812. The van der Waals surface area contributed by atoms with Gasteiger partial charge >= 0.3 is 0 Å². The van der Waals surface area contributed by atoms with Crippen LogP contribution in [-0.4, -0.2) is 36.0 Å². The number of fused-ring (bicyclic) bond motifs is 1. The Kier molecular flexibility index (Phi) is 3.54. The average Bonchev–Trinajstić information content (AvgIpc) is 2.97. The van der Waals surface area contributed by atoms with Crippen LogP contribution in [0.5, 0.6) is 0 Å². The van der Waals surface area contributed by atoms with Gasteiger partial charge in [0.2, 0.25) is 0 Å². The molecular formula is C15H20N2OS. The summed E-state index contributed by atoms with van der Waals surface area (Å²) in [5, 5.41) is 3.22. The number of nitrogens with zero attached hydrogens (tertiary/aromatic N) is 1. The molecule has 1 N–H and O–H groups in total.